The second-order valence-electron chi connectivity index (χ2n) is 0.577. The standard InChI is InChI=1S/C2H7Si.Li.H/c1-3-2;;/h3H,1-2H3;;/q;+1;-1. The number of hydrogen-bond donors (Lipinski definition) is 0. The molecule has 0 bridgehead atoms. The Balaban J connectivity index is -0.0000000200. The van der Waals surface area contributed by atoms with Crippen LogP contribution in [0.3, 0.4) is 0 Å². The largest absolute Gasteiger partial charge is 1.00 e. The number of hydrogen-bond acceptors (Lipinski definition) is 0. The zero-order valence-electron chi connectivity index (χ0n) is 4.58. The Morgan fingerprint density at radius 2 is 1.50 bits per heavy atom. The average Bonchev–Trinajstić information content (AvgIpc) is 0.918. The Morgan fingerprint density at radius 3 is 1.50 bits per heavy atom. The van der Waals surface area contributed by atoms with Crippen LogP contribution in [0.2, 0.25) is 13.1 Å². The SMILES string of the molecule is C[SiH]C.[H-].[Li+]. The molecule has 1 radical (unpaired) electrons. The van der Waals surface area contributed by atoms with Gasteiger partial charge in [0.2, 0.25) is 0 Å². The summed E-state index contributed by atoms with van der Waals surface area (Å²) in [6.45, 7) is 4.42. The van der Waals surface area contributed by atoms with Crippen LogP contribution in [0.1, 0.15) is 1.43 Å². The summed E-state index contributed by atoms with van der Waals surface area (Å²) in [5, 5.41) is 0. The summed E-state index contributed by atoms with van der Waals surface area (Å²) in [6.07, 6.45) is 0. The summed E-state index contributed by atoms with van der Waals surface area (Å²) in [4.78, 5) is 0. The molecular formula is C2H8LiSi. The molecule has 0 aliphatic carbocycles. The Bertz CT molecular complexity index is 9.61. The van der Waals surface area contributed by atoms with Crippen LogP contribution in [0.5, 0.6) is 0 Å². The van der Waals surface area contributed by atoms with Gasteiger partial charge in [-0.3, -0.25) is 0 Å². The van der Waals surface area contributed by atoms with Gasteiger partial charge < -0.3 is 1.43 Å². The van der Waals surface area contributed by atoms with Gasteiger partial charge in [0.1, 0.15) is 0 Å². The van der Waals surface area contributed by atoms with Crippen molar-refractivity contribution >= 4 is 9.52 Å². The first-order valence-corrected chi connectivity index (χ1v) is 3.46. The van der Waals surface area contributed by atoms with E-state index in [1.54, 1.807) is 0 Å². The fraction of sp³-hybridized carbons (Fsp3) is 1.00. The van der Waals surface area contributed by atoms with E-state index in [4.69, 9.17) is 0 Å². The quantitative estimate of drug-likeness (QED) is 0.278. The van der Waals surface area contributed by atoms with Crippen molar-refractivity contribution in [3.8, 4) is 0 Å². The van der Waals surface area contributed by atoms with Crippen molar-refractivity contribution in [2.75, 3.05) is 0 Å². The van der Waals surface area contributed by atoms with E-state index in [9.17, 15) is 0 Å². The molecule has 0 aromatic rings. The van der Waals surface area contributed by atoms with Crippen molar-refractivity contribution in [3.05, 3.63) is 0 Å². The molecular weight excluding hydrogens is 59.0 g/mol. The van der Waals surface area contributed by atoms with Gasteiger partial charge in [-0.1, -0.05) is 13.1 Å². The van der Waals surface area contributed by atoms with Crippen LogP contribution in [0.25, 0.3) is 0 Å². The monoisotopic (exact) mass is 67.1 g/mol. The maximum Gasteiger partial charge on any atom is 1.00 e. The van der Waals surface area contributed by atoms with Crippen LogP contribution in [-0.2, 0) is 0 Å². The molecule has 0 nitrogen and oxygen atoms in total. The first-order chi connectivity index (χ1) is 1.41. The van der Waals surface area contributed by atoms with Gasteiger partial charge in [-0.25, -0.2) is 0 Å². The molecule has 0 aromatic carbocycles. The summed E-state index contributed by atoms with van der Waals surface area (Å²) in [7, 11) is 0.750. The zero-order chi connectivity index (χ0) is 2.71. The van der Waals surface area contributed by atoms with Gasteiger partial charge in [-0.05, 0) is 0 Å². The molecule has 0 saturated carbocycles. The van der Waals surface area contributed by atoms with Gasteiger partial charge >= 0.3 is 18.9 Å². The predicted molar refractivity (Wildman–Crippen MR) is 20.0 cm³/mol. The molecule has 4 heavy (non-hydrogen) atoms. The third kappa shape index (κ3) is 14.0. The van der Waals surface area contributed by atoms with Gasteiger partial charge in [-0.2, -0.15) is 0 Å². The average molecular weight is 67.1 g/mol. The van der Waals surface area contributed by atoms with Gasteiger partial charge in [0.25, 0.3) is 0 Å². The third-order valence-electron chi connectivity index (χ3n) is 0. The molecule has 21 valence electrons. The maximum atomic E-state index is 2.21. The van der Waals surface area contributed by atoms with Gasteiger partial charge in [-0.15, -0.1) is 0 Å². The minimum Gasteiger partial charge on any atom is -1.00 e. The smallest absolute Gasteiger partial charge is 1.00 e. The number of rotatable bonds is 0. The second kappa shape index (κ2) is 9.18. The van der Waals surface area contributed by atoms with Crippen molar-refractivity contribution in [1.29, 1.82) is 0 Å². The van der Waals surface area contributed by atoms with E-state index < -0.39 is 0 Å². The van der Waals surface area contributed by atoms with E-state index in [1.165, 1.54) is 0 Å². The fourth-order valence-electron chi connectivity index (χ4n) is 0. The minimum absolute atomic E-state index is 0. The Morgan fingerprint density at radius 1 is 1.50 bits per heavy atom. The van der Waals surface area contributed by atoms with E-state index in [1.807, 2.05) is 0 Å². The molecule has 0 aromatic heterocycles. The molecule has 0 N–H and O–H groups in total. The van der Waals surface area contributed by atoms with Crippen molar-refractivity contribution in [2.24, 2.45) is 0 Å². The van der Waals surface area contributed by atoms with Crippen LogP contribution < -0.4 is 18.9 Å². The van der Waals surface area contributed by atoms with E-state index in [2.05, 4.69) is 13.1 Å². The summed E-state index contributed by atoms with van der Waals surface area (Å²) in [6, 6.07) is 0. The topological polar surface area (TPSA) is 0 Å². The predicted octanol–water partition coefficient (Wildman–Crippen LogP) is -2.36. The second-order valence-corrected chi connectivity index (χ2v) is 1.73. The molecule has 2 heteroatoms. The first kappa shape index (κ1) is 8.84. The summed E-state index contributed by atoms with van der Waals surface area (Å²) >= 11 is 0. The fourth-order valence-corrected chi connectivity index (χ4v) is 0. The normalized spacial score (nSPS) is 4.50. The van der Waals surface area contributed by atoms with Crippen molar-refractivity contribution in [1.82, 2.24) is 0 Å². The molecule has 0 saturated heterocycles. The summed E-state index contributed by atoms with van der Waals surface area (Å²) in [5.41, 5.74) is 0. The summed E-state index contributed by atoms with van der Waals surface area (Å²) in [5.74, 6) is 0. The van der Waals surface area contributed by atoms with Crippen LogP contribution in [0.4, 0.5) is 0 Å². The molecule has 0 amide bonds. The van der Waals surface area contributed by atoms with Crippen molar-refractivity contribution in [3.63, 3.8) is 0 Å². The third-order valence-corrected chi connectivity index (χ3v) is 0. The van der Waals surface area contributed by atoms with E-state index in [0.717, 1.165) is 9.52 Å². The van der Waals surface area contributed by atoms with Gasteiger partial charge in [0, 0.05) is 9.52 Å². The van der Waals surface area contributed by atoms with E-state index in [-0.39, 0.29) is 20.3 Å². The minimum atomic E-state index is 0. The summed E-state index contributed by atoms with van der Waals surface area (Å²) < 4.78 is 0. The Labute approximate surface area is 43.5 Å². The Kier molecular flexibility index (Phi) is 20.3. The molecule has 0 aliphatic rings. The van der Waals surface area contributed by atoms with E-state index >= 15 is 0 Å². The van der Waals surface area contributed by atoms with Gasteiger partial charge in [0.15, 0.2) is 0 Å². The molecule has 0 aliphatic heterocycles. The van der Waals surface area contributed by atoms with Crippen LogP contribution in [-0.4, -0.2) is 9.52 Å². The van der Waals surface area contributed by atoms with Crippen molar-refractivity contribution < 1.29 is 20.3 Å². The van der Waals surface area contributed by atoms with E-state index in [0.29, 0.717) is 0 Å². The maximum absolute atomic E-state index is 2.21. The Hall–Kier alpha value is 0.814. The zero-order valence-corrected chi connectivity index (χ0v) is 4.73. The molecule has 0 atom stereocenters. The van der Waals surface area contributed by atoms with Crippen LogP contribution in [0.15, 0.2) is 0 Å². The van der Waals surface area contributed by atoms with Gasteiger partial charge in [0.05, 0.1) is 0 Å². The molecule has 0 spiro atoms. The molecule has 0 unspecified atom stereocenters. The molecule has 0 fully saturated rings. The molecule has 0 heterocycles. The van der Waals surface area contributed by atoms with Crippen molar-refractivity contribution in [2.45, 2.75) is 13.1 Å². The van der Waals surface area contributed by atoms with Crippen LogP contribution in [0, 0.1) is 0 Å². The van der Waals surface area contributed by atoms with Crippen LogP contribution >= 0.6 is 0 Å². The molecule has 0 rings (SSSR count). The first-order valence-electron chi connectivity index (χ1n) is 1.15.